The molecular weight excluding hydrogens is 293 g/mol. The summed E-state index contributed by atoms with van der Waals surface area (Å²) in [5, 5.41) is 7.02. The van der Waals surface area contributed by atoms with Gasteiger partial charge in [-0.15, -0.1) is 13.2 Å². The molecule has 0 bridgehead atoms. The Morgan fingerprint density at radius 1 is 1.27 bits per heavy atom. The van der Waals surface area contributed by atoms with Crippen LogP contribution in [0.5, 0.6) is 5.75 Å². The number of halogens is 3. The molecule has 1 saturated carbocycles. The second-order valence-corrected chi connectivity index (χ2v) is 6.19. The van der Waals surface area contributed by atoms with Crippen LogP contribution in [-0.2, 0) is 5.54 Å². The lowest BCUT2D eigenvalue weighted by Crippen LogP contribution is -2.51. The third-order valence-corrected chi connectivity index (χ3v) is 4.68. The van der Waals surface area contributed by atoms with Gasteiger partial charge in [0.05, 0.1) is 0 Å². The topological polar surface area (TPSA) is 33.3 Å². The molecule has 0 aromatic heterocycles. The van der Waals surface area contributed by atoms with E-state index in [1.54, 1.807) is 6.07 Å². The van der Waals surface area contributed by atoms with Crippen LogP contribution in [0.15, 0.2) is 24.3 Å². The van der Waals surface area contributed by atoms with Crippen molar-refractivity contribution in [3.63, 3.8) is 0 Å². The molecule has 0 unspecified atom stereocenters. The highest BCUT2D eigenvalue weighted by Crippen LogP contribution is 2.42. The van der Waals surface area contributed by atoms with Crippen LogP contribution in [0.25, 0.3) is 0 Å². The first-order valence-electron chi connectivity index (χ1n) is 7.82. The first-order chi connectivity index (χ1) is 10.5. The van der Waals surface area contributed by atoms with Gasteiger partial charge in [0.1, 0.15) is 5.75 Å². The summed E-state index contributed by atoms with van der Waals surface area (Å²) in [6, 6.07) is 6.85. The standard InChI is InChI=1S/C16H21F3N2O/c17-16(18,19)22-14-6-1-4-12(10-14)15(7-3-8-15)21-11-13-5-2-9-20-13/h1,4,6,10,13,20-21H,2-3,5,7-9,11H2/t13-/m0/s1. The van der Waals surface area contributed by atoms with Crippen molar-refractivity contribution >= 4 is 0 Å². The molecule has 0 amide bonds. The van der Waals surface area contributed by atoms with Gasteiger partial charge in [0.15, 0.2) is 0 Å². The van der Waals surface area contributed by atoms with Crippen molar-refractivity contribution in [2.24, 2.45) is 0 Å². The van der Waals surface area contributed by atoms with Crippen LogP contribution in [0, 0.1) is 0 Å². The van der Waals surface area contributed by atoms with Crippen molar-refractivity contribution in [3.8, 4) is 5.75 Å². The molecule has 0 radical (unpaired) electrons. The Morgan fingerprint density at radius 2 is 2.09 bits per heavy atom. The summed E-state index contributed by atoms with van der Waals surface area (Å²) >= 11 is 0. The van der Waals surface area contributed by atoms with E-state index in [1.807, 2.05) is 6.07 Å². The van der Waals surface area contributed by atoms with E-state index in [9.17, 15) is 13.2 Å². The Labute approximate surface area is 128 Å². The van der Waals surface area contributed by atoms with Crippen LogP contribution >= 0.6 is 0 Å². The zero-order valence-corrected chi connectivity index (χ0v) is 12.4. The fourth-order valence-corrected chi connectivity index (χ4v) is 3.34. The van der Waals surface area contributed by atoms with Crippen molar-refractivity contribution in [2.45, 2.75) is 50.0 Å². The van der Waals surface area contributed by atoms with Gasteiger partial charge in [-0.2, -0.15) is 0 Å². The molecule has 3 rings (SSSR count). The van der Waals surface area contributed by atoms with Crippen LogP contribution in [0.3, 0.4) is 0 Å². The zero-order chi connectivity index (χ0) is 15.6. The molecule has 2 aliphatic rings. The fraction of sp³-hybridized carbons (Fsp3) is 0.625. The molecule has 0 spiro atoms. The summed E-state index contributed by atoms with van der Waals surface area (Å²) in [4.78, 5) is 0. The van der Waals surface area contributed by atoms with Gasteiger partial charge in [0.25, 0.3) is 0 Å². The largest absolute Gasteiger partial charge is 0.573 e. The molecule has 3 nitrogen and oxygen atoms in total. The molecule has 2 N–H and O–H groups in total. The van der Waals surface area contributed by atoms with Gasteiger partial charge in [-0.05, 0) is 56.3 Å². The minimum atomic E-state index is -4.65. The Morgan fingerprint density at radius 3 is 2.68 bits per heavy atom. The van der Waals surface area contributed by atoms with Crippen molar-refractivity contribution in [1.29, 1.82) is 0 Å². The minimum absolute atomic E-state index is 0.142. The molecule has 1 aliphatic heterocycles. The van der Waals surface area contributed by atoms with Gasteiger partial charge in [-0.25, -0.2) is 0 Å². The third-order valence-electron chi connectivity index (χ3n) is 4.68. The molecule has 1 heterocycles. The Hall–Kier alpha value is -1.27. The third kappa shape index (κ3) is 3.55. The number of benzene rings is 1. The monoisotopic (exact) mass is 314 g/mol. The SMILES string of the molecule is FC(F)(F)Oc1cccc(C2(NC[C@@H]3CCCN3)CCC2)c1. The van der Waals surface area contributed by atoms with Gasteiger partial charge in [-0.3, -0.25) is 0 Å². The molecule has 22 heavy (non-hydrogen) atoms. The average molecular weight is 314 g/mol. The van der Waals surface area contributed by atoms with Gasteiger partial charge >= 0.3 is 6.36 Å². The highest BCUT2D eigenvalue weighted by Gasteiger charge is 2.39. The summed E-state index contributed by atoms with van der Waals surface area (Å²) in [5.74, 6) is -0.142. The number of hydrogen-bond donors (Lipinski definition) is 2. The van der Waals surface area contributed by atoms with Gasteiger partial charge in [0.2, 0.25) is 0 Å². The summed E-state index contributed by atoms with van der Waals surface area (Å²) in [5.41, 5.74) is 0.688. The summed E-state index contributed by atoms with van der Waals surface area (Å²) in [6.45, 7) is 1.90. The molecule has 6 heteroatoms. The van der Waals surface area contributed by atoms with Crippen LogP contribution in [0.2, 0.25) is 0 Å². The summed E-state index contributed by atoms with van der Waals surface area (Å²) in [6.07, 6.45) is 0.695. The molecule has 1 aromatic carbocycles. The lowest BCUT2D eigenvalue weighted by molar-refractivity contribution is -0.274. The average Bonchev–Trinajstić information content (AvgIpc) is 2.89. The lowest BCUT2D eigenvalue weighted by Gasteiger charge is -2.44. The summed E-state index contributed by atoms with van der Waals surface area (Å²) < 4.78 is 41.2. The molecule has 122 valence electrons. The van der Waals surface area contributed by atoms with Crippen LogP contribution < -0.4 is 15.4 Å². The van der Waals surface area contributed by atoms with E-state index in [1.165, 1.54) is 18.6 Å². The molecule has 1 aromatic rings. The summed E-state index contributed by atoms with van der Waals surface area (Å²) in [7, 11) is 0. The smallest absolute Gasteiger partial charge is 0.406 e. The molecule has 2 fully saturated rings. The van der Waals surface area contributed by atoms with Crippen LogP contribution in [0.4, 0.5) is 13.2 Å². The Bertz CT molecular complexity index is 508. The normalized spacial score (nSPS) is 24.0. The Balaban J connectivity index is 1.70. The van der Waals surface area contributed by atoms with Crippen LogP contribution in [-0.4, -0.2) is 25.5 Å². The van der Waals surface area contributed by atoms with Crippen molar-refractivity contribution in [1.82, 2.24) is 10.6 Å². The van der Waals surface area contributed by atoms with Gasteiger partial charge in [0, 0.05) is 18.1 Å². The number of hydrogen-bond acceptors (Lipinski definition) is 3. The van der Waals surface area contributed by atoms with E-state index in [2.05, 4.69) is 15.4 Å². The quantitative estimate of drug-likeness (QED) is 0.875. The maximum atomic E-state index is 12.4. The maximum absolute atomic E-state index is 12.4. The van der Waals surface area contributed by atoms with Gasteiger partial charge < -0.3 is 15.4 Å². The second-order valence-electron chi connectivity index (χ2n) is 6.19. The van der Waals surface area contributed by atoms with Gasteiger partial charge in [-0.1, -0.05) is 12.1 Å². The van der Waals surface area contributed by atoms with E-state index < -0.39 is 6.36 Å². The highest BCUT2D eigenvalue weighted by atomic mass is 19.4. The molecule has 1 aliphatic carbocycles. The zero-order valence-electron chi connectivity index (χ0n) is 12.4. The van der Waals surface area contributed by atoms with Crippen molar-refractivity contribution in [3.05, 3.63) is 29.8 Å². The number of rotatable bonds is 5. The first-order valence-corrected chi connectivity index (χ1v) is 7.82. The second kappa shape index (κ2) is 6.08. The maximum Gasteiger partial charge on any atom is 0.573 e. The highest BCUT2D eigenvalue weighted by molar-refractivity contribution is 5.35. The van der Waals surface area contributed by atoms with E-state index >= 15 is 0 Å². The van der Waals surface area contributed by atoms with E-state index in [0.717, 1.165) is 44.3 Å². The molecular formula is C16H21F3N2O. The van der Waals surface area contributed by atoms with E-state index in [0.29, 0.717) is 6.04 Å². The molecule has 1 saturated heterocycles. The predicted molar refractivity (Wildman–Crippen MR) is 77.7 cm³/mol. The lowest BCUT2D eigenvalue weighted by atomic mass is 9.71. The number of nitrogens with one attached hydrogen (secondary N) is 2. The molecule has 1 atom stereocenters. The van der Waals surface area contributed by atoms with Crippen LogP contribution in [0.1, 0.15) is 37.7 Å². The van der Waals surface area contributed by atoms with E-state index in [4.69, 9.17) is 0 Å². The van der Waals surface area contributed by atoms with Crippen molar-refractivity contribution in [2.75, 3.05) is 13.1 Å². The first kappa shape index (κ1) is 15.6. The van der Waals surface area contributed by atoms with E-state index in [-0.39, 0.29) is 11.3 Å². The minimum Gasteiger partial charge on any atom is -0.406 e. The Kier molecular flexibility index (Phi) is 4.32. The fourth-order valence-electron chi connectivity index (χ4n) is 3.34. The number of alkyl halides is 3. The predicted octanol–water partition coefficient (Wildman–Crippen LogP) is 3.31. The number of ether oxygens (including phenoxy) is 1. The van der Waals surface area contributed by atoms with Crippen molar-refractivity contribution < 1.29 is 17.9 Å².